The summed E-state index contributed by atoms with van der Waals surface area (Å²) in [5.41, 5.74) is 0. The van der Waals surface area contributed by atoms with Crippen molar-refractivity contribution in [3.05, 3.63) is 0 Å². The van der Waals surface area contributed by atoms with E-state index in [1.807, 2.05) is 0 Å². The number of hydrogen-bond acceptors (Lipinski definition) is 3. The van der Waals surface area contributed by atoms with E-state index in [9.17, 15) is 9.59 Å². The minimum absolute atomic E-state index is 0.0102. The van der Waals surface area contributed by atoms with Gasteiger partial charge in [-0.1, -0.05) is 6.92 Å². The zero-order chi connectivity index (χ0) is 9.42. The van der Waals surface area contributed by atoms with E-state index in [0.29, 0.717) is 18.8 Å². The predicted molar refractivity (Wildman–Crippen MR) is 44.9 cm³/mol. The zero-order valence-electron chi connectivity index (χ0n) is 7.66. The van der Waals surface area contributed by atoms with Gasteiger partial charge < -0.3 is 9.64 Å². The van der Waals surface area contributed by atoms with Gasteiger partial charge in [0.2, 0.25) is 0 Å². The topological polar surface area (TPSA) is 46.6 Å². The largest absolute Gasteiger partial charge is 0.452 e. The fraction of sp³-hybridized carbons (Fsp3) is 0.778. The average Bonchev–Trinajstić information content (AvgIpc) is 2.45. The van der Waals surface area contributed by atoms with Crippen LogP contribution < -0.4 is 0 Å². The smallest absolute Gasteiger partial charge is 0.306 e. The lowest BCUT2D eigenvalue weighted by Crippen LogP contribution is -2.52. The van der Waals surface area contributed by atoms with Crippen LogP contribution in [0.15, 0.2) is 0 Å². The Kier molecular flexibility index (Phi) is 1.98. The maximum atomic E-state index is 11.6. The maximum absolute atomic E-state index is 11.6. The molecule has 0 bridgehead atoms. The Morgan fingerprint density at radius 2 is 2.23 bits per heavy atom. The Hall–Kier alpha value is -1.06. The van der Waals surface area contributed by atoms with Crippen LogP contribution in [0.2, 0.25) is 0 Å². The molecule has 4 nitrogen and oxygen atoms in total. The molecule has 1 atom stereocenters. The molecule has 2 fully saturated rings. The van der Waals surface area contributed by atoms with Crippen LogP contribution >= 0.6 is 0 Å². The molecule has 1 unspecified atom stereocenters. The summed E-state index contributed by atoms with van der Waals surface area (Å²) in [6.07, 6.45) is 0.461. The van der Waals surface area contributed by atoms with Crippen molar-refractivity contribution < 1.29 is 14.3 Å². The summed E-state index contributed by atoms with van der Waals surface area (Å²) in [6.45, 7) is 3.73. The van der Waals surface area contributed by atoms with E-state index >= 15 is 0 Å². The number of rotatable bonds is 1. The summed E-state index contributed by atoms with van der Waals surface area (Å²) < 4.78 is 4.89. The lowest BCUT2D eigenvalue weighted by atomic mass is 10.0. The Balaban J connectivity index is 1.87. The SMILES string of the molecule is CC1CN(C(=O)C2CCC(=O)O2)C1. The van der Waals surface area contributed by atoms with Gasteiger partial charge >= 0.3 is 5.97 Å². The van der Waals surface area contributed by atoms with Gasteiger partial charge in [-0.25, -0.2) is 0 Å². The van der Waals surface area contributed by atoms with Gasteiger partial charge in [0, 0.05) is 25.9 Å². The van der Waals surface area contributed by atoms with Gasteiger partial charge in [0.1, 0.15) is 0 Å². The summed E-state index contributed by atoms with van der Waals surface area (Å²) in [5, 5.41) is 0. The molecule has 1 amide bonds. The minimum Gasteiger partial charge on any atom is -0.452 e. The first-order valence-corrected chi connectivity index (χ1v) is 4.65. The molecule has 0 aromatic carbocycles. The van der Waals surface area contributed by atoms with Crippen LogP contribution in [0.25, 0.3) is 0 Å². The zero-order valence-corrected chi connectivity index (χ0v) is 7.66. The Labute approximate surface area is 76.8 Å². The summed E-state index contributed by atoms with van der Waals surface area (Å²) in [4.78, 5) is 24.1. The summed E-state index contributed by atoms with van der Waals surface area (Å²) in [7, 11) is 0. The molecule has 2 rings (SSSR count). The van der Waals surface area contributed by atoms with Gasteiger partial charge in [0.25, 0.3) is 5.91 Å². The second kappa shape index (κ2) is 3.01. The molecule has 4 heteroatoms. The Morgan fingerprint density at radius 1 is 1.54 bits per heavy atom. The maximum Gasteiger partial charge on any atom is 0.306 e. The van der Waals surface area contributed by atoms with Crippen LogP contribution in [0.4, 0.5) is 0 Å². The molecule has 0 aliphatic carbocycles. The van der Waals surface area contributed by atoms with Gasteiger partial charge in [-0.3, -0.25) is 9.59 Å². The number of nitrogens with zero attached hydrogens (tertiary/aromatic N) is 1. The number of cyclic esters (lactones) is 1. The molecular weight excluding hydrogens is 170 g/mol. The number of likely N-dealkylation sites (tertiary alicyclic amines) is 1. The predicted octanol–water partition coefficient (Wildman–Crippen LogP) is 0.170. The van der Waals surface area contributed by atoms with Crippen LogP contribution in [-0.4, -0.2) is 36.0 Å². The highest BCUT2D eigenvalue weighted by Crippen LogP contribution is 2.21. The first kappa shape index (κ1) is 8.53. The standard InChI is InChI=1S/C9H13NO3/c1-6-4-10(5-6)9(12)7-2-3-8(11)13-7/h6-7H,2-5H2,1H3. The van der Waals surface area contributed by atoms with Crippen molar-refractivity contribution in [3.63, 3.8) is 0 Å². The van der Waals surface area contributed by atoms with E-state index in [2.05, 4.69) is 6.92 Å². The quantitative estimate of drug-likeness (QED) is 0.544. The highest BCUT2D eigenvalue weighted by atomic mass is 16.6. The molecule has 0 radical (unpaired) electrons. The minimum atomic E-state index is -0.486. The fourth-order valence-corrected chi connectivity index (χ4v) is 1.78. The van der Waals surface area contributed by atoms with Crippen molar-refractivity contribution in [2.24, 2.45) is 5.92 Å². The third kappa shape index (κ3) is 1.53. The van der Waals surface area contributed by atoms with Crippen LogP contribution in [0, 0.1) is 5.92 Å². The van der Waals surface area contributed by atoms with E-state index < -0.39 is 6.10 Å². The fourth-order valence-electron chi connectivity index (χ4n) is 1.78. The van der Waals surface area contributed by atoms with Crippen molar-refractivity contribution in [3.8, 4) is 0 Å². The molecule has 0 saturated carbocycles. The van der Waals surface area contributed by atoms with Crippen molar-refractivity contribution in [1.82, 2.24) is 4.90 Å². The number of amides is 1. The molecule has 2 saturated heterocycles. The molecular formula is C9H13NO3. The molecule has 0 spiro atoms. The van der Waals surface area contributed by atoms with Crippen molar-refractivity contribution in [2.75, 3.05) is 13.1 Å². The second-order valence-electron chi connectivity index (χ2n) is 3.87. The van der Waals surface area contributed by atoms with E-state index in [0.717, 1.165) is 13.1 Å². The summed E-state index contributed by atoms with van der Waals surface area (Å²) >= 11 is 0. The molecule has 72 valence electrons. The lowest BCUT2D eigenvalue weighted by Gasteiger charge is -2.38. The molecule has 0 aromatic rings. The van der Waals surface area contributed by atoms with E-state index in [4.69, 9.17) is 4.74 Å². The normalized spacial score (nSPS) is 28.5. The van der Waals surface area contributed by atoms with Gasteiger partial charge in [0.05, 0.1) is 0 Å². The number of hydrogen-bond donors (Lipinski definition) is 0. The van der Waals surface area contributed by atoms with Gasteiger partial charge in [-0.2, -0.15) is 0 Å². The summed E-state index contributed by atoms with van der Waals surface area (Å²) in [5.74, 6) is 0.344. The first-order chi connectivity index (χ1) is 6.16. The molecule has 0 aromatic heterocycles. The molecule has 2 heterocycles. The van der Waals surface area contributed by atoms with Crippen LogP contribution in [0.3, 0.4) is 0 Å². The third-order valence-corrected chi connectivity index (χ3v) is 2.54. The Morgan fingerprint density at radius 3 is 2.69 bits per heavy atom. The molecule has 0 N–H and O–H groups in total. The third-order valence-electron chi connectivity index (χ3n) is 2.54. The summed E-state index contributed by atoms with van der Waals surface area (Å²) in [6, 6.07) is 0. The van der Waals surface area contributed by atoms with Crippen molar-refractivity contribution in [1.29, 1.82) is 0 Å². The molecule has 13 heavy (non-hydrogen) atoms. The first-order valence-electron chi connectivity index (χ1n) is 4.65. The lowest BCUT2D eigenvalue weighted by molar-refractivity contribution is -0.156. The van der Waals surface area contributed by atoms with Gasteiger partial charge in [-0.05, 0) is 5.92 Å². The van der Waals surface area contributed by atoms with E-state index in [1.54, 1.807) is 4.90 Å². The number of carbonyl (C=O) groups excluding carboxylic acids is 2. The molecule has 2 aliphatic heterocycles. The van der Waals surface area contributed by atoms with Crippen molar-refractivity contribution >= 4 is 11.9 Å². The average molecular weight is 183 g/mol. The highest BCUT2D eigenvalue weighted by Gasteiger charge is 2.37. The van der Waals surface area contributed by atoms with Gasteiger partial charge in [0.15, 0.2) is 6.10 Å². The van der Waals surface area contributed by atoms with Crippen LogP contribution in [0.5, 0.6) is 0 Å². The Bertz CT molecular complexity index is 245. The van der Waals surface area contributed by atoms with Crippen LogP contribution in [0.1, 0.15) is 19.8 Å². The van der Waals surface area contributed by atoms with Crippen LogP contribution in [-0.2, 0) is 14.3 Å². The number of carbonyl (C=O) groups is 2. The number of ether oxygens (including phenoxy) is 1. The van der Waals surface area contributed by atoms with Gasteiger partial charge in [-0.15, -0.1) is 0 Å². The van der Waals surface area contributed by atoms with Crippen molar-refractivity contribution in [2.45, 2.75) is 25.9 Å². The second-order valence-corrected chi connectivity index (χ2v) is 3.87. The molecule has 2 aliphatic rings. The number of esters is 1. The van der Waals surface area contributed by atoms with E-state index in [-0.39, 0.29) is 11.9 Å². The highest BCUT2D eigenvalue weighted by molar-refractivity contribution is 5.86. The van der Waals surface area contributed by atoms with E-state index in [1.165, 1.54) is 0 Å². The monoisotopic (exact) mass is 183 g/mol.